The molecule has 3 aromatic carbocycles. The van der Waals surface area contributed by atoms with Crippen LogP contribution in [0.1, 0.15) is 74.1 Å². The van der Waals surface area contributed by atoms with E-state index in [1.54, 1.807) is 33.9 Å². The molecule has 1 saturated heterocycles. The Hall–Kier alpha value is -4.81. The molecule has 2 heterocycles. The van der Waals surface area contributed by atoms with Gasteiger partial charge in [-0.15, -0.1) is 0 Å². The van der Waals surface area contributed by atoms with Crippen LogP contribution in [0.2, 0.25) is 0 Å². The average Bonchev–Trinajstić information content (AvgIpc) is 3.49. The van der Waals surface area contributed by atoms with Crippen molar-refractivity contribution in [2.75, 3.05) is 47.1 Å². The molecule has 53 heavy (non-hydrogen) atoms. The lowest BCUT2D eigenvalue weighted by atomic mass is 9.95. The number of fused-ring (bicyclic) bond motifs is 1. The predicted molar refractivity (Wildman–Crippen MR) is 202 cm³/mol. The lowest BCUT2D eigenvalue weighted by molar-refractivity contribution is -0.133. The smallest absolute Gasteiger partial charge is 0.407 e. The van der Waals surface area contributed by atoms with Crippen LogP contribution in [0.3, 0.4) is 0 Å². The number of halogens is 1. The van der Waals surface area contributed by atoms with E-state index in [-0.39, 0.29) is 30.4 Å². The number of carbonyl (C=O) groups is 3. The van der Waals surface area contributed by atoms with Gasteiger partial charge in [-0.25, -0.2) is 14.2 Å². The topological polar surface area (TPSA) is 124 Å². The number of carbonyl (C=O) groups excluding carboxylic acids is 3. The van der Waals surface area contributed by atoms with Gasteiger partial charge in [-0.05, 0) is 87.4 Å². The quantitative estimate of drug-likeness (QED) is 0.134. The summed E-state index contributed by atoms with van der Waals surface area (Å²) in [4.78, 5) is 46.2. The maximum absolute atomic E-state index is 14.9. The van der Waals surface area contributed by atoms with Crippen LogP contribution in [-0.4, -0.2) is 91.1 Å². The van der Waals surface area contributed by atoms with E-state index >= 15 is 0 Å². The van der Waals surface area contributed by atoms with Gasteiger partial charge in [0.05, 0.1) is 23.2 Å². The molecule has 2 N–H and O–H groups in total. The van der Waals surface area contributed by atoms with Crippen LogP contribution in [0.15, 0.2) is 66.7 Å². The molecule has 0 aliphatic carbocycles. The lowest BCUT2D eigenvalue weighted by Crippen LogP contribution is -2.46. The van der Waals surface area contributed by atoms with Crippen LogP contribution in [0, 0.1) is 5.82 Å². The number of imidazole rings is 1. The first-order chi connectivity index (χ1) is 25.5. The molecule has 0 saturated carbocycles. The molecule has 12 heteroatoms. The Balaban J connectivity index is 1.29. The minimum Gasteiger partial charge on any atom is -0.444 e. The van der Waals surface area contributed by atoms with E-state index in [4.69, 9.17) is 19.2 Å². The number of benzene rings is 3. The number of hydrogen-bond acceptors (Lipinski definition) is 7. The molecule has 1 aliphatic rings. The Morgan fingerprint density at radius 3 is 2.43 bits per heavy atom. The molecule has 4 aromatic rings. The molecule has 0 bridgehead atoms. The van der Waals surface area contributed by atoms with Crippen molar-refractivity contribution in [2.45, 2.75) is 77.0 Å². The summed E-state index contributed by atoms with van der Waals surface area (Å²) >= 11 is 0. The van der Waals surface area contributed by atoms with Crippen LogP contribution in [0.25, 0.3) is 22.2 Å². The molecule has 1 fully saturated rings. The number of nitrogens with one attached hydrogen (secondary N) is 2. The Labute approximate surface area is 311 Å². The van der Waals surface area contributed by atoms with Crippen LogP contribution < -0.4 is 10.6 Å². The molecule has 1 aromatic heterocycles. The summed E-state index contributed by atoms with van der Waals surface area (Å²) in [5.74, 6) is -0.0990. The molecule has 1 aliphatic heterocycles. The molecule has 11 nitrogen and oxygen atoms in total. The van der Waals surface area contributed by atoms with Crippen molar-refractivity contribution < 1.29 is 33.0 Å². The molecule has 3 amide bonds. The zero-order valence-corrected chi connectivity index (χ0v) is 31.5. The van der Waals surface area contributed by atoms with Crippen molar-refractivity contribution in [2.24, 2.45) is 0 Å². The maximum Gasteiger partial charge on any atom is 0.407 e. The number of methoxy groups -OCH3 is 2. The van der Waals surface area contributed by atoms with Gasteiger partial charge in [-0.3, -0.25) is 9.59 Å². The highest BCUT2D eigenvalue weighted by Gasteiger charge is 2.31. The van der Waals surface area contributed by atoms with Gasteiger partial charge in [0, 0.05) is 65.4 Å². The highest BCUT2D eigenvalue weighted by Crippen LogP contribution is 2.30. The van der Waals surface area contributed by atoms with E-state index in [1.165, 1.54) is 19.2 Å². The van der Waals surface area contributed by atoms with E-state index in [0.717, 1.165) is 53.8 Å². The SMILES string of the molecule is COCCCn1c(C2CCCN(C(=O)CC(Cc3ccc(-c4ccc(C(=O)NCCOC)c(F)c4)cc3)NC(=O)OC(C)(C)C)C2)nc2ccccc21. The van der Waals surface area contributed by atoms with E-state index in [2.05, 4.69) is 21.3 Å². The number of amides is 3. The summed E-state index contributed by atoms with van der Waals surface area (Å²) in [6.45, 7) is 8.62. The van der Waals surface area contributed by atoms with Gasteiger partial charge in [0.1, 0.15) is 17.2 Å². The Morgan fingerprint density at radius 2 is 1.72 bits per heavy atom. The Kier molecular flexibility index (Phi) is 13.6. The van der Waals surface area contributed by atoms with E-state index in [9.17, 15) is 18.8 Å². The number of para-hydroxylation sites is 2. The number of alkyl carbamates (subject to hydrolysis) is 1. The molecular weight excluding hydrogens is 677 g/mol. The van der Waals surface area contributed by atoms with Gasteiger partial charge in [0.15, 0.2) is 0 Å². The number of likely N-dealkylation sites (tertiary alicyclic amines) is 1. The summed E-state index contributed by atoms with van der Waals surface area (Å²) in [5.41, 5.74) is 3.55. The second-order valence-corrected chi connectivity index (χ2v) is 14.5. The third-order valence-corrected chi connectivity index (χ3v) is 9.27. The monoisotopic (exact) mass is 729 g/mol. The maximum atomic E-state index is 14.9. The number of aromatic nitrogens is 2. The minimum absolute atomic E-state index is 0.0389. The predicted octanol–water partition coefficient (Wildman–Crippen LogP) is 6.49. The van der Waals surface area contributed by atoms with Crippen LogP contribution in [-0.2, 0) is 32.0 Å². The lowest BCUT2D eigenvalue weighted by Gasteiger charge is -2.34. The third-order valence-electron chi connectivity index (χ3n) is 9.27. The highest BCUT2D eigenvalue weighted by molar-refractivity contribution is 5.95. The molecule has 2 atom stereocenters. The van der Waals surface area contributed by atoms with Gasteiger partial charge >= 0.3 is 6.09 Å². The highest BCUT2D eigenvalue weighted by atomic mass is 19.1. The fraction of sp³-hybridized carbons (Fsp3) is 0.463. The van der Waals surface area contributed by atoms with Crippen LogP contribution in [0.4, 0.5) is 9.18 Å². The van der Waals surface area contributed by atoms with Crippen molar-refractivity contribution in [3.05, 3.63) is 89.5 Å². The summed E-state index contributed by atoms with van der Waals surface area (Å²) < 4.78 is 33.0. The first-order valence-electron chi connectivity index (χ1n) is 18.3. The van der Waals surface area contributed by atoms with Gasteiger partial charge in [0.25, 0.3) is 5.91 Å². The van der Waals surface area contributed by atoms with E-state index < -0.39 is 29.5 Å². The molecule has 5 rings (SSSR count). The van der Waals surface area contributed by atoms with Crippen molar-refractivity contribution in [3.63, 3.8) is 0 Å². The normalized spacial score (nSPS) is 15.3. The number of ether oxygens (including phenoxy) is 3. The summed E-state index contributed by atoms with van der Waals surface area (Å²) in [6.07, 6.45) is 2.52. The molecular formula is C41H52FN5O6. The second kappa shape index (κ2) is 18.3. The number of aryl methyl sites for hydroxylation is 1. The van der Waals surface area contributed by atoms with Crippen molar-refractivity contribution >= 4 is 28.9 Å². The Bertz CT molecular complexity index is 1850. The molecule has 0 radical (unpaired) electrons. The van der Waals surface area contributed by atoms with Crippen molar-refractivity contribution in [3.8, 4) is 11.1 Å². The number of nitrogens with zero attached hydrogens (tertiary/aromatic N) is 3. The van der Waals surface area contributed by atoms with Crippen LogP contribution in [0.5, 0.6) is 0 Å². The molecule has 284 valence electrons. The first-order valence-corrected chi connectivity index (χ1v) is 18.3. The van der Waals surface area contributed by atoms with Gasteiger partial charge < -0.3 is 34.3 Å². The number of rotatable bonds is 15. The fourth-order valence-electron chi connectivity index (χ4n) is 6.77. The zero-order valence-electron chi connectivity index (χ0n) is 31.5. The molecule has 0 spiro atoms. The number of piperidine rings is 1. The average molecular weight is 730 g/mol. The van der Waals surface area contributed by atoms with Crippen molar-refractivity contribution in [1.29, 1.82) is 0 Å². The summed E-state index contributed by atoms with van der Waals surface area (Å²) in [7, 11) is 3.23. The zero-order chi connectivity index (χ0) is 38.0. The Morgan fingerprint density at radius 1 is 0.981 bits per heavy atom. The number of hydrogen-bond donors (Lipinski definition) is 2. The van der Waals surface area contributed by atoms with Gasteiger partial charge in [0.2, 0.25) is 5.91 Å². The third kappa shape index (κ3) is 10.9. The molecule has 2 unspecified atom stereocenters. The van der Waals surface area contributed by atoms with Gasteiger partial charge in [-0.1, -0.05) is 42.5 Å². The first kappa shape index (κ1) is 39.4. The second-order valence-electron chi connectivity index (χ2n) is 14.5. The van der Waals surface area contributed by atoms with Crippen molar-refractivity contribution in [1.82, 2.24) is 25.1 Å². The standard InChI is InChI=1S/C41H52FN5O6/c1-41(2,3)53-40(50)44-32(24-28-13-15-29(16-14-28)30-17-18-33(34(42)25-30)39(49)43-19-23-52-5)26-37(48)46-20-8-10-31(27-46)38-45-35-11-6-7-12-36(35)47(38)21-9-22-51-4/h6-7,11-18,25,31-32H,8-10,19-24,26-27H2,1-5H3,(H,43,49)(H,44,50). The summed E-state index contributed by atoms with van der Waals surface area (Å²) in [6, 6.07) is 19.6. The largest absolute Gasteiger partial charge is 0.444 e. The van der Waals surface area contributed by atoms with E-state index in [1.807, 2.05) is 47.4 Å². The van der Waals surface area contributed by atoms with Crippen LogP contribution >= 0.6 is 0 Å². The summed E-state index contributed by atoms with van der Waals surface area (Å²) in [5, 5.41) is 5.58. The van der Waals surface area contributed by atoms with Gasteiger partial charge in [-0.2, -0.15) is 0 Å². The van der Waals surface area contributed by atoms with E-state index in [0.29, 0.717) is 38.3 Å². The minimum atomic E-state index is -0.704. The fourth-order valence-corrected chi connectivity index (χ4v) is 6.77.